The average molecular weight is 335 g/mol. The van der Waals surface area contributed by atoms with Gasteiger partial charge in [0, 0.05) is 5.38 Å². The van der Waals surface area contributed by atoms with Gasteiger partial charge in [0.25, 0.3) is 0 Å². The molecule has 106 valence electrons. The zero-order chi connectivity index (χ0) is 14.7. The van der Waals surface area contributed by atoms with Crippen LogP contribution in [0.2, 0.25) is 10.0 Å². The van der Waals surface area contributed by atoms with Crippen LogP contribution < -0.4 is 5.32 Å². The minimum absolute atomic E-state index is 0.0829. The van der Waals surface area contributed by atoms with Crippen molar-refractivity contribution in [3.63, 3.8) is 0 Å². The summed E-state index contributed by atoms with van der Waals surface area (Å²) in [6.45, 7) is 0. The molecule has 0 atom stereocenters. The highest BCUT2D eigenvalue weighted by molar-refractivity contribution is 7.13. The number of anilines is 2. The molecule has 0 radical (unpaired) electrons. The Hall–Kier alpha value is -1.37. The van der Waals surface area contributed by atoms with E-state index in [0.29, 0.717) is 16.5 Å². The van der Waals surface area contributed by atoms with Crippen LogP contribution in [0.15, 0.2) is 17.5 Å². The lowest BCUT2D eigenvalue weighted by atomic mass is 10.3. The van der Waals surface area contributed by atoms with Crippen LogP contribution in [0.4, 0.5) is 15.2 Å². The van der Waals surface area contributed by atoms with E-state index in [1.165, 1.54) is 18.4 Å². The number of hydrogen-bond donors (Lipinski definition) is 1. The number of carbonyl (C=O) groups excluding carboxylic acids is 1. The van der Waals surface area contributed by atoms with E-state index >= 15 is 0 Å². The predicted molar refractivity (Wildman–Crippen MR) is 77.5 cm³/mol. The van der Waals surface area contributed by atoms with Crippen molar-refractivity contribution in [2.75, 3.05) is 12.4 Å². The van der Waals surface area contributed by atoms with Crippen LogP contribution in [-0.4, -0.2) is 18.1 Å². The third-order valence-electron chi connectivity index (χ3n) is 2.34. The van der Waals surface area contributed by atoms with Gasteiger partial charge in [-0.3, -0.25) is 4.79 Å². The summed E-state index contributed by atoms with van der Waals surface area (Å²) >= 11 is 13.1. The molecule has 1 heterocycles. The van der Waals surface area contributed by atoms with E-state index in [9.17, 15) is 9.18 Å². The summed E-state index contributed by atoms with van der Waals surface area (Å²) < 4.78 is 17.6. The van der Waals surface area contributed by atoms with Crippen LogP contribution in [0.3, 0.4) is 0 Å². The van der Waals surface area contributed by atoms with Crippen LogP contribution in [0.5, 0.6) is 0 Å². The molecule has 0 fully saturated rings. The van der Waals surface area contributed by atoms with Crippen molar-refractivity contribution in [3.05, 3.63) is 39.1 Å². The van der Waals surface area contributed by atoms with E-state index in [2.05, 4.69) is 15.0 Å². The Labute approximate surface area is 128 Å². The summed E-state index contributed by atoms with van der Waals surface area (Å²) in [6, 6.07) is 2.30. The molecule has 4 nitrogen and oxygen atoms in total. The summed E-state index contributed by atoms with van der Waals surface area (Å²) in [5.74, 6) is -0.893. The average Bonchev–Trinajstić information content (AvgIpc) is 2.81. The Bertz CT molecular complexity index is 625. The summed E-state index contributed by atoms with van der Waals surface area (Å²) in [6.07, 6.45) is 0.0829. The van der Waals surface area contributed by atoms with Crippen molar-refractivity contribution in [1.29, 1.82) is 0 Å². The molecule has 0 amide bonds. The molecule has 0 spiro atoms. The molecule has 1 aromatic carbocycles. The number of rotatable bonds is 4. The van der Waals surface area contributed by atoms with Gasteiger partial charge in [0.15, 0.2) is 5.13 Å². The lowest BCUT2D eigenvalue weighted by molar-refractivity contribution is -0.139. The largest absolute Gasteiger partial charge is 0.469 e. The fourth-order valence-electron chi connectivity index (χ4n) is 1.43. The highest BCUT2D eigenvalue weighted by Crippen LogP contribution is 2.34. The first-order valence-corrected chi connectivity index (χ1v) is 7.06. The number of thiazole rings is 1. The highest BCUT2D eigenvalue weighted by Gasteiger charge is 2.12. The zero-order valence-corrected chi connectivity index (χ0v) is 12.6. The van der Waals surface area contributed by atoms with E-state index in [1.807, 2.05) is 0 Å². The molecular weight excluding hydrogens is 326 g/mol. The van der Waals surface area contributed by atoms with Gasteiger partial charge < -0.3 is 10.1 Å². The maximum atomic E-state index is 13.1. The first kappa shape index (κ1) is 15.0. The molecule has 0 saturated carbocycles. The number of esters is 1. The number of benzene rings is 1. The zero-order valence-electron chi connectivity index (χ0n) is 10.2. The third-order valence-corrected chi connectivity index (χ3v) is 3.75. The maximum Gasteiger partial charge on any atom is 0.311 e. The van der Waals surface area contributed by atoms with E-state index in [4.69, 9.17) is 23.2 Å². The molecule has 0 bridgehead atoms. The van der Waals surface area contributed by atoms with Crippen LogP contribution in [0.1, 0.15) is 5.69 Å². The van der Waals surface area contributed by atoms with Gasteiger partial charge in [0.05, 0.1) is 35.0 Å². The molecule has 1 N–H and O–H groups in total. The number of nitrogens with zero attached hydrogens (tertiary/aromatic N) is 1. The lowest BCUT2D eigenvalue weighted by Gasteiger charge is -2.07. The predicted octanol–water partition coefficient (Wildman–Crippen LogP) is 4.05. The van der Waals surface area contributed by atoms with Crippen molar-refractivity contribution in [2.24, 2.45) is 0 Å². The molecular formula is C12H9Cl2FN2O2S. The lowest BCUT2D eigenvalue weighted by Crippen LogP contribution is -2.04. The maximum absolute atomic E-state index is 13.1. The minimum atomic E-state index is -0.518. The Morgan fingerprint density at radius 3 is 2.70 bits per heavy atom. The summed E-state index contributed by atoms with van der Waals surface area (Å²) in [7, 11) is 1.31. The fourth-order valence-corrected chi connectivity index (χ4v) is 2.70. The van der Waals surface area contributed by atoms with Gasteiger partial charge in [-0.2, -0.15) is 0 Å². The van der Waals surface area contributed by atoms with Crippen molar-refractivity contribution in [2.45, 2.75) is 6.42 Å². The van der Waals surface area contributed by atoms with Gasteiger partial charge in [-0.25, -0.2) is 9.37 Å². The molecule has 1 aromatic heterocycles. The van der Waals surface area contributed by atoms with Crippen molar-refractivity contribution in [1.82, 2.24) is 4.98 Å². The van der Waals surface area contributed by atoms with Crippen LogP contribution >= 0.6 is 34.5 Å². The van der Waals surface area contributed by atoms with Gasteiger partial charge >= 0.3 is 5.97 Å². The molecule has 0 aliphatic heterocycles. The van der Waals surface area contributed by atoms with Crippen LogP contribution in [0, 0.1) is 5.82 Å². The summed E-state index contributed by atoms with van der Waals surface area (Å²) in [5, 5.41) is 5.42. The molecule has 0 aliphatic rings. The molecule has 2 rings (SSSR count). The van der Waals surface area contributed by atoms with Crippen molar-refractivity contribution in [3.8, 4) is 0 Å². The smallest absolute Gasteiger partial charge is 0.311 e. The number of nitrogens with one attached hydrogen (secondary N) is 1. The Morgan fingerprint density at radius 2 is 2.10 bits per heavy atom. The number of aromatic nitrogens is 1. The first-order valence-electron chi connectivity index (χ1n) is 5.42. The third kappa shape index (κ3) is 3.59. The Kier molecular flexibility index (Phi) is 4.80. The van der Waals surface area contributed by atoms with E-state index < -0.39 is 5.82 Å². The second kappa shape index (κ2) is 6.39. The van der Waals surface area contributed by atoms with E-state index in [1.54, 1.807) is 5.38 Å². The molecule has 0 aliphatic carbocycles. The van der Waals surface area contributed by atoms with Gasteiger partial charge in [-0.05, 0) is 12.1 Å². The molecule has 20 heavy (non-hydrogen) atoms. The minimum Gasteiger partial charge on any atom is -0.469 e. The Morgan fingerprint density at radius 1 is 1.45 bits per heavy atom. The standard InChI is InChI=1S/C12H9Cl2FN2O2S/c1-19-10(18)4-7-5-20-12(16-7)17-11-8(13)2-6(15)3-9(11)14/h2-3,5H,4H2,1H3,(H,16,17). The SMILES string of the molecule is COC(=O)Cc1csc(Nc2c(Cl)cc(F)cc2Cl)n1. The number of carbonyl (C=O) groups is 1. The highest BCUT2D eigenvalue weighted by atomic mass is 35.5. The quantitative estimate of drug-likeness (QED) is 0.857. The van der Waals surface area contributed by atoms with E-state index in [-0.39, 0.29) is 22.4 Å². The van der Waals surface area contributed by atoms with E-state index in [0.717, 1.165) is 12.1 Å². The number of ether oxygens (including phenoxy) is 1. The summed E-state index contributed by atoms with van der Waals surface area (Å²) in [5.41, 5.74) is 0.937. The van der Waals surface area contributed by atoms with Crippen LogP contribution in [0.25, 0.3) is 0 Å². The first-order chi connectivity index (χ1) is 9.49. The monoisotopic (exact) mass is 334 g/mol. The molecule has 2 aromatic rings. The molecule has 0 unspecified atom stereocenters. The van der Waals surface area contributed by atoms with Gasteiger partial charge in [0.1, 0.15) is 5.82 Å². The van der Waals surface area contributed by atoms with Gasteiger partial charge in [-0.15, -0.1) is 11.3 Å². The molecule has 8 heteroatoms. The topological polar surface area (TPSA) is 51.2 Å². The fraction of sp³-hybridized carbons (Fsp3) is 0.167. The second-order valence-electron chi connectivity index (χ2n) is 3.77. The normalized spacial score (nSPS) is 10.4. The number of methoxy groups -OCH3 is 1. The van der Waals surface area contributed by atoms with Crippen LogP contribution in [-0.2, 0) is 16.0 Å². The molecule has 0 saturated heterocycles. The number of halogens is 3. The van der Waals surface area contributed by atoms with Crippen molar-refractivity contribution < 1.29 is 13.9 Å². The van der Waals surface area contributed by atoms with Gasteiger partial charge in [-0.1, -0.05) is 23.2 Å². The summed E-state index contributed by atoms with van der Waals surface area (Å²) in [4.78, 5) is 15.3. The second-order valence-corrected chi connectivity index (χ2v) is 5.44. The number of hydrogen-bond acceptors (Lipinski definition) is 5. The Balaban J connectivity index is 2.17. The van der Waals surface area contributed by atoms with Gasteiger partial charge in [0.2, 0.25) is 0 Å². The van der Waals surface area contributed by atoms with Crippen molar-refractivity contribution >= 4 is 51.3 Å².